The number of nitrogens with zero attached hydrogens (tertiary/aromatic N) is 2. The molecule has 5 nitrogen and oxygen atoms in total. The van der Waals surface area contributed by atoms with Gasteiger partial charge in [-0.25, -0.2) is 0 Å². The zero-order chi connectivity index (χ0) is 21.4. The zero-order valence-corrected chi connectivity index (χ0v) is 18.7. The Hall–Kier alpha value is -2.15. The smallest absolute Gasteiger partial charge is 0.159 e. The van der Waals surface area contributed by atoms with E-state index in [0.29, 0.717) is 11.3 Å². The highest BCUT2D eigenvalue weighted by atomic mass is 32.2. The molecule has 162 valence electrons. The molecule has 2 fully saturated rings. The SMILES string of the molecule is CC(=O)c1ccc(C2C=C(NC3CCN([S@@+]([O-])C4CC4)CC3)c3cnccc3C2)cc1. The highest BCUT2D eigenvalue weighted by molar-refractivity contribution is 7.90. The normalized spacial score (nSPS) is 23.0. The van der Waals surface area contributed by atoms with Gasteiger partial charge in [0.05, 0.1) is 0 Å². The Morgan fingerprint density at radius 2 is 1.87 bits per heavy atom. The first-order valence-electron chi connectivity index (χ1n) is 11.3. The predicted octanol–water partition coefficient (Wildman–Crippen LogP) is 3.85. The fraction of sp³-hybridized carbons (Fsp3) is 0.440. The standard InChI is InChI=1S/C25H29N3O2S/c1-17(29)18-2-4-19(5-3-18)21-14-20-8-11-26-16-24(20)25(15-21)27-22-9-12-28(13-10-22)31(30)23-6-7-23/h2-5,8,11,15-16,21-23,27H,6-7,9-10,12-14H2,1H3/t21?,31-/m0/s1. The Bertz CT molecular complexity index is 979. The van der Waals surface area contributed by atoms with Gasteiger partial charge in [-0.2, -0.15) is 0 Å². The molecule has 3 aliphatic rings. The molecule has 1 aromatic carbocycles. The Balaban J connectivity index is 1.32. The number of carbonyl (C=O) groups excluding carboxylic acids is 1. The molecule has 1 unspecified atom stereocenters. The second-order valence-electron chi connectivity index (χ2n) is 8.93. The van der Waals surface area contributed by atoms with Gasteiger partial charge in [0.25, 0.3) is 0 Å². The summed E-state index contributed by atoms with van der Waals surface area (Å²) in [5.41, 5.74) is 5.61. The molecule has 31 heavy (non-hydrogen) atoms. The summed E-state index contributed by atoms with van der Waals surface area (Å²) < 4.78 is 14.6. The average Bonchev–Trinajstić information content (AvgIpc) is 3.65. The zero-order valence-electron chi connectivity index (χ0n) is 17.9. The molecule has 6 heteroatoms. The third-order valence-electron chi connectivity index (χ3n) is 6.63. The van der Waals surface area contributed by atoms with E-state index in [1.54, 1.807) is 6.92 Å². The van der Waals surface area contributed by atoms with Crippen LogP contribution >= 0.6 is 0 Å². The van der Waals surface area contributed by atoms with Gasteiger partial charge in [0.15, 0.2) is 5.78 Å². The first-order chi connectivity index (χ1) is 15.1. The summed E-state index contributed by atoms with van der Waals surface area (Å²) in [6.07, 6.45) is 11.3. The number of ketones is 1. The quantitative estimate of drug-likeness (QED) is 0.551. The number of nitrogens with one attached hydrogen (secondary N) is 1. The van der Waals surface area contributed by atoms with E-state index in [4.69, 9.17) is 0 Å². The lowest BCUT2D eigenvalue weighted by molar-refractivity contribution is 0.101. The average molecular weight is 436 g/mol. The number of benzene rings is 1. The highest BCUT2D eigenvalue weighted by Gasteiger charge is 2.40. The lowest BCUT2D eigenvalue weighted by Crippen LogP contribution is -2.45. The van der Waals surface area contributed by atoms with Crippen molar-refractivity contribution in [3.8, 4) is 0 Å². The molecular formula is C25H29N3O2S. The van der Waals surface area contributed by atoms with E-state index in [9.17, 15) is 9.35 Å². The van der Waals surface area contributed by atoms with Gasteiger partial charge in [-0.1, -0.05) is 30.3 Å². The summed E-state index contributed by atoms with van der Waals surface area (Å²) in [5.74, 6) is 0.360. The van der Waals surface area contributed by atoms with Gasteiger partial charge in [-0.05, 0) is 43.4 Å². The van der Waals surface area contributed by atoms with E-state index in [0.717, 1.165) is 56.5 Å². The minimum absolute atomic E-state index is 0.0958. The van der Waals surface area contributed by atoms with Gasteiger partial charge in [0.1, 0.15) is 5.25 Å². The Kier molecular flexibility index (Phi) is 5.87. The maximum atomic E-state index is 12.5. The molecule has 2 heterocycles. The van der Waals surface area contributed by atoms with Crippen LogP contribution in [0.25, 0.3) is 5.70 Å². The van der Waals surface area contributed by atoms with Crippen LogP contribution in [-0.2, 0) is 17.8 Å². The van der Waals surface area contributed by atoms with E-state index in [-0.39, 0.29) is 11.7 Å². The molecule has 1 saturated carbocycles. The lowest BCUT2D eigenvalue weighted by atomic mass is 9.83. The maximum Gasteiger partial charge on any atom is 0.159 e. The monoisotopic (exact) mass is 435 g/mol. The Morgan fingerprint density at radius 3 is 2.55 bits per heavy atom. The molecule has 1 N–H and O–H groups in total. The van der Waals surface area contributed by atoms with Gasteiger partial charge in [-0.15, -0.1) is 4.31 Å². The summed E-state index contributed by atoms with van der Waals surface area (Å²) in [4.78, 5) is 16.0. The molecule has 2 atom stereocenters. The molecule has 0 spiro atoms. The summed E-state index contributed by atoms with van der Waals surface area (Å²) in [7, 11) is 0. The van der Waals surface area contributed by atoms with Gasteiger partial charge < -0.3 is 9.87 Å². The summed E-state index contributed by atoms with van der Waals surface area (Å²) in [5, 5.41) is 4.20. The van der Waals surface area contributed by atoms with E-state index in [1.165, 1.54) is 16.7 Å². The van der Waals surface area contributed by atoms with Crippen LogP contribution in [0.2, 0.25) is 0 Å². The molecule has 0 amide bonds. The third kappa shape index (κ3) is 4.56. The van der Waals surface area contributed by atoms with Gasteiger partial charge >= 0.3 is 0 Å². The van der Waals surface area contributed by atoms with E-state index < -0.39 is 11.4 Å². The number of Topliss-reactive ketones (excluding diaryl/α,β-unsaturated/α-hetero) is 1. The number of allylic oxidation sites excluding steroid dienone is 1. The number of hydrogen-bond acceptors (Lipinski definition) is 5. The van der Waals surface area contributed by atoms with Crippen molar-refractivity contribution < 1.29 is 9.35 Å². The highest BCUT2D eigenvalue weighted by Crippen LogP contribution is 2.35. The second kappa shape index (κ2) is 8.77. The fourth-order valence-corrected chi connectivity index (χ4v) is 6.15. The molecule has 0 bridgehead atoms. The minimum atomic E-state index is -0.784. The molecule has 0 radical (unpaired) electrons. The third-order valence-corrected chi connectivity index (χ3v) is 8.55. The summed E-state index contributed by atoms with van der Waals surface area (Å²) >= 11 is -0.784. The minimum Gasteiger partial charge on any atom is -0.598 e. The predicted molar refractivity (Wildman–Crippen MR) is 124 cm³/mol. The van der Waals surface area contributed by atoms with Crippen LogP contribution in [-0.4, -0.2) is 44.0 Å². The van der Waals surface area contributed by atoms with Crippen molar-refractivity contribution in [3.63, 3.8) is 0 Å². The van der Waals surface area contributed by atoms with Crippen molar-refractivity contribution >= 4 is 22.8 Å². The van der Waals surface area contributed by atoms with Crippen LogP contribution in [0.5, 0.6) is 0 Å². The lowest BCUT2D eigenvalue weighted by Gasteiger charge is -2.34. The largest absolute Gasteiger partial charge is 0.598 e. The molecular weight excluding hydrogens is 406 g/mol. The van der Waals surface area contributed by atoms with Crippen LogP contribution in [0, 0.1) is 0 Å². The van der Waals surface area contributed by atoms with E-state index in [1.807, 2.05) is 24.5 Å². The molecule has 1 aliphatic heterocycles. The number of aromatic nitrogens is 1. The van der Waals surface area contributed by atoms with Crippen LogP contribution in [0.1, 0.15) is 65.6 Å². The number of carbonyl (C=O) groups is 1. The fourth-order valence-electron chi connectivity index (χ4n) is 4.62. The van der Waals surface area contributed by atoms with Crippen molar-refractivity contribution in [1.29, 1.82) is 0 Å². The van der Waals surface area contributed by atoms with Crippen molar-refractivity contribution in [2.24, 2.45) is 0 Å². The van der Waals surface area contributed by atoms with Crippen LogP contribution in [0.3, 0.4) is 0 Å². The van der Waals surface area contributed by atoms with Gasteiger partial charge in [0, 0.05) is 78.5 Å². The maximum absolute atomic E-state index is 12.5. The second-order valence-corrected chi connectivity index (χ2v) is 10.7. The number of hydrogen-bond donors (Lipinski definition) is 1. The topological polar surface area (TPSA) is 68.3 Å². The molecule has 2 aliphatic carbocycles. The van der Waals surface area contributed by atoms with Crippen molar-refractivity contribution in [2.45, 2.75) is 56.2 Å². The number of rotatable bonds is 6. The van der Waals surface area contributed by atoms with E-state index in [2.05, 4.69) is 38.9 Å². The van der Waals surface area contributed by atoms with Crippen molar-refractivity contribution in [3.05, 3.63) is 71.1 Å². The summed E-state index contributed by atoms with van der Waals surface area (Å²) in [6.45, 7) is 3.39. The number of piperidine rings is 1. The number of pyridine rings is 1. The van der Waals surface area contributed by atoms with Gasteiger partial charge in [0.2, 0.25) is 0 Å². The Morgan fingerprint density at radius 1 is 1.13 bits per heavy atom. The first-order valence-corrected chi connectivity index (χ1v) is 12.4. The van der Waals surface area contributed by atoms with Crippen LogP contribution in [0.4, 0.5) is 0 Å². The van der Waals surface area contributed by atoms with Crippen molar-refractivity contribution in [1.82, 2.24) is 14.6 Å². The molecule has 1 aromatic heterocycles. The molecule has 1 saturated heterocycles. The molecule has 5 rings (SSSR count). The van der Waals surface area contributed by atoms with Crippen LogP contribution < -0.4 is 5.32 Å². The van der Waals surface area contributed by atoms with E-state index >= 15 is 0 Å². The first kappa shape index (κ1) is 20.7. The Labute approximate surface area is 187 Å². The van der Waals surface area contributed by atoms with Gasteiger partial charge in [-0.3, -0.25) is 9.78 Å². The van der Waals surface area contributed by atoms with Crippen molar-refractivity contribution in [2.75, 3.05) is 13.1 Å². The molecule has 2 aromatic rings. The number of fused-ring (bicyclic) bond motifs is 1. The summed E-state index contributed by atoms with van der Waals surface area (Å²) in [6, 6.07) is 10.5. The van der Waals surface area contributed by atoms with Crippen LogP contribution in [0.15, 0.2) is 48.8 Å².